The molecule has 18 heavy (non-hydrogen) atoms. The average molecular weight is 246 g/mol. The molecule has 0 aromatic heterocycles. The lowest BCUT2D eigenvalue weighted by Crippen LogP contribution is -2.49. The third-order valence-electron chi connectivity index (χ3n) is 3.45. The quantitative estimate of drug-likeness (QED) is 0.799. The molecule has 0 unspecified atom stereocenters. The monoisotopic (exact) mass is 246 g/mol. The minimum Gasteiger partial charge on any atom is -0.368 e. The summed E-state index contributed by atoms with van der Waals surface area (Å²) in [6.45, 7) is 9.59. The van der Waals surface area contributed by atoms with E-state index < -0.39 is 0 Å². The smallest absolute Gasteiger partial charge is 0.225 e. The van der Waals surface area contributed by atoms with E-state index in [1.165, 1.54) is 11.3 Å². The number of piperazine rings is 1. The van der Waals surface area contributed by atoms with E-state index in [1.807, 2.05) is 18.7 Å². The molecule has 0 N–H and O–H groups in total. The molecule has 3 heteroatoms. The zero-order valence-corrected chi connectivity index (χ0v) is 11.5. The van der Waals surface area contributed by atoms with E-state index in [0.29, 0.717) is 0 Å². The number of aryl methyl sites for hydroxylation is 1. The highest BCUT2D eigenvalue weighted by molar-refractivity contribution is 5.78. The van der Waals surface area contributed by atoms with Gasteiger partial charge in [-0.25, -0.2) is 0 Å². The summed E-state index contributed by atoms with van der Waals surface area (Å²) < 4.78 is 0. The number of benzene rings is 1. The van der Waals surface area contributed by atoms with Crippen LogP contribution in [0.15, 0.2) is 24.3 Å². The zero-order valence-electron chi connectivity index (χ0n) is 11.5. The molecule has 0 radical (unpaired) electrons. The zero-order chi connectivity index (χ0) is 13.1. The van der Waals surface area contributed by atoms with Gasteiger partial charge in [0.2, 0.25) is 5.91 Å². The molecule has 1 amide bonds. The largest absolute Gasteiger partial charge is 0.368 e. The number of hydrogen-bond donors (Lipinski definition) is 0. The van der Waals surface area contributed by atoms with Crippen LogP contribution in [0, 0.1) is 12.8 Å². The Morgan fingerprint density at radius 3 is 2.39 bits per heavy atom. The van der Waals surface area contributed by atoms with Gasteiger partial charge < -0.3 is 9.80 Å². The lowest BCUT2D eigenvalue weighted by molar-refractivity contribution is -0.134. The van der Waals surface area contributed by atoms with E-state index >= 15 is 0 Å². The molecule has 1 saturated heterocycles. The molecule has 1 aromatic carbocycles. The first kappa shape index (κ1) is 12.9. The van der Waals surface area contributed by atoms with E-state index in [9.17, 15) is 4.79 Å². The first-order chi connectivity index (χ1) is 8.58. The Hall–Kier alpha value is -1.51. The maximum atomic E-state index is 11.9. The summed E-state index contributed by atoms with van der Waals surface area (Å²) >= 11 is 0. The molecule has 0 aliphatic carbocycles. The second-order valence-corrected chi connectivity index (χ2v) is 5.31. The molecular weight excluding hydrogens is 224 g/mol. The summed E-state index contributed by atoms with van der Waals surface area (Å²) in [5, 5.41) is 0. The van der Waals surface area contributed by atoms with Crippen molar-refractivity contribution in [2.45, 2.75) is 20.8 Å². The normalized spacial score (nSPS) is 16.2. The van der Waals surface area contributed by atoms with Crippen LogP contribution in [-0.2, 0) is 4.79 Å². The molecule has 3 nitrogen and oxygen atoms in total. The van der Waals surface area contributed by atoms with Crippen molar-refractivity contribution in [2.24, 2.45) is 5.92 Å². The fourth-order valence-electron chi connectivity index (χ4n) is 2.37. The van der Waals surface area contributed by atoms with Gasteiger partial charge in [-0.15, -0.1) is 0 Å². The van der Waals surface area contributed by atoms with E-state index in [0.717, 1.165) is 26.2 Å². The Kier molecular flexibility index (Phi) is 3.90. The Balaban J connectivity index is 1.96. The SMILES string of the molecule is Cc1cccc(N2CCN(C(=O)C(C)C)CC2)c1. The predicted molar refractivity (Wildman–Crippen MR) is 74.8 cm³/mol. The van der Waals surface area contributed by atoms with E-state index in [-0.39, 0.29) is 11.8 Å². The summed E-state index contributed by atoms with van der Waals surface area (Å²) in [5.74, 6) is 0.384. The van der Waals surface area contributed by atoms with Gasteiger partial charge in [-0.1, -0.05) is 26.0 Å². The molecule has 1 fully saturated rings. The summed E-state index contributed by atoms with van der Waals surface area (Å²) in [6.07, 6.45) is 0. The fraction of sp³-hybridized carbons (Fsp3) is 0.533. The molecule has 0 saturated carbocycles. The molecule has 2 rings (SSSR count). The highest BCUT2D eigenvalue weighted by Gasteiger charge is 2.22. The molecule has 1 aromatic rings. The molecular formula is C15H22N2O. The van der Waals surface area contributed by atoms with E-state index in [2.05, 4.69) is 36.1 Å². The summed E-state index contributed by atoms with van der Waals surface area (Å²) in [7, 11) is 0. The van der Waals surface area contributed by atoms with Crippen LogP contribution in [0.5, 0.6) is 0 Å². The number of nitrogens with zero attached hydrogens (tertiary/aromatic N) is 2. The Morgan fingerprint density at radius 1 is 1.17 bits per heavy atom. The number of amides is 1. The van der Waals surface area contributed by atoms with Crippen molar-refractivity contribution in [1.29, 1.82) is 0 Å². The highest BCUT2D eigenvalue weighted by atomic mass is 16.2. The molecule has 1 heterocycles. The van der Waals surface area contributed by atoms with Crippen LogP contribution in [0.2, 0.25) is 0 Å². The van der Waals surface area contributed by atoms with Gasteiger partial charge in [0.15, 0.2) is 0 Å². The first-order valence-electron chi connectivity index (χ1n) is 6.68. The minimum atomic E-state index is 0.107. The van der Waals surface area contributed by atoms with Crippen LogP contribution in [-0.4, -0.2) is 37.0 Å². The average Bonchev–Trinajstić information content (AvgIpc) is 2.38. The molecule has 1 aliphatic rings. The van der Waals surface area contributed by atoms with Crippen molar-refractivity contribution in [3.8, 4) is 0 Å². The number of carbonyl (C=O) groups is 1. The Bertz CT molecular complexity index is 420. The maximum Gasteiger partial charge on any atom is 0.225 e. The van der Waals surface area contributed by atoms with Crippen LogP contribution in [0.4, 0.5) is 5.69 Å². The highest BCUT2D eigenvalue weighted by Crippen LogP contribution is 2.18. The third-order valence-corrected chi connectivity index (χ3v) is 3.45. The second-order valence-electron chi connectivity index (χ2n) is 5.31. The maximum absolute atomic E-state index is 11.9. The van der Waals surface area contributed by atoms with Gasteiger partial charge >= 0.3 is 0 Å². The fourth-order valence-corrected chi connectivity index (χ4v) is 2.37. The van der Waals surface area contributed by atoms with Crippen LogP contribution in [0.25, 0.3) is 0 Å². The summed E-state index contributed by atoms with van der Waals surface area (Å²) in [5.41, 5.74) is 2.56. The van der Waals surface area contributed by atoms with Gasteiger partial charge in [0, 0.05) is 37.8 Å². The van der Waals surface area contributed by atoms with Crippen molar-refractivity contribution >= 4 is 11.6 Å². The van der Waals surface area contributed by atoms with Gasteiger partial charge in [0.05, 0.1) is 0 Å². The number of rotatable bonds is 2. The van der Waals surface area contributed by atoms with Crippen molar-refractivity contribution in [1.82, 2.24) is 4.90 Å². The van der Waals surface area contributed by atoms with Crippen LogP contribution in [0.1, 0.15) is 19.4 Å². The van der Waals surface area contributed by atoms with Gasteiger partial charge in [0.1, 0.15) is 0 Å². The number of anilines is 1. The van der Waals surface area contributed by atoms with E-state index in [1.54, 1.807) is 0 Å². The number of hydrogen-bond acceptors (Lipinski definition) is 2. The third kappa shape index (κ3) is 2.84. The summed E-state index contributed by atoms with van der Waals surface area (Å²) in [6, 6.07) is 8.56. The standard InChI is InChI=1S/C15H22N2O/c1-12(2)15(18)17-9-7-16(8-10-17)14-6-4-5-13(3)11-14/h4-6,11-12H,7-10H2,1-3H3. The lowest BCUT2D eigenvalue weighted by atomic mass is 10.1. The summed E-state index contributed by atoms with van der Waals surface area (Å²) in [4.78, 5) is 16.2. The van der Waals surface area contributed by atoms with Crippen molar-refractivity contribution < 1.29 is 4.79 Å². The van der Waals surface area contributed by atoms with Crippen LogP contribution >= 0.6 is 0 Å². The lowest BCUT2D eigenvalue weighted by Gasteiger charge is -2.37. The first-order valence-corrected chi connectivity index (χ1v) is 6.68. The minimum absolute atomic E-state index is 0.107. The molecule has 0 bridgehead atoms. The predicted octanol–water partition coefficient (Wildman–Crippen LogP) is 2.30. The van der Waals surface area contributed by atoms with Gasteiger partial charge in [0.25, 0.3) is 0 Å². The van der Waals surface area contributed by atoms with Gasteiger partial charge in [-0.3, -0.25) is 4.79 Å². The molecule has 1 aliphatic heterocycles. The van der Waals surface area contributed by atoms with Crippen molar-refractivity contribution in [3.63, 3.8) is 0 Å². The van der Waals surface area contributed by atoms with E-state index in [4.69, 9.17) is 0 Å². The molecule has 98 valence electrons. The number of carbonyl (C=O) groups excluding carboxylic acids is 1. The van der Waals surface area contributed by atoms with Gasteiger partial charge in [-0.2, -0.15) is 0 Å². The topological polar surface area (TPSA) is 23.6 Å². The van der Waals surface area contributed by atoms with Gasteiger partial charge in [-0.05, 0) is 24.6 Å². The second kappa shape index (κ2) is 5.42. The Labute approximate surface area is 109 Å². The van der Waals surface area contributed by atoms with Crippen molar-refractivity contribution in [3.05, 3.63) is 29.8 Å². The van der Waals surface area contributed by atoms with Crippen molar-refractivity contribution in [2.75, 3.05) is 31.1 Å². The molecule has 0 spiro atoms. The van der Waals surface area contributed by atoms with Crippen LogP contribution < -0.4 is 4.90 Å². The molecule has 0 atom stereocenters. The van der Waals surface area contributed by atoms with Crippen LogP contribution in [0.3, 0.4) is 0 Å². The Morgan fingerprint density at radius 2 is 1.83 bits per heavy atom.